The minimum atomic E-state index is -1.67. The van der Waals surface area contributed by atoms with E-state index in [-0.39, 0.29) is 29.7 Å². The number of likely N-dealkylation sites (tertiary alicyclic amines) is 1. The van der Waals surface area contributed by atoms with E-state index in [4.69, 9.17) is 34.8 Å². The highest BCUT2D eigenvalue weighted by Gasteiger charge is 2.44. The van der Waals surface area contributed by atoms with Gasteiger partial charge < -0.3 is 9.88 Å². The summed E-state index contributed by atoms with van der Waals surface area (Å²) in [6, 6.07) is 14.8. The summed E-state index contributed by atoms with van der Waals surface area (Å²) in [7, 11) is 0. The van der Waals surface area contributed by atoms with Crippen molar-refractivity contribution in [3.8, 4) is 0 Å². The number of nitrogens with one attached hydrogen (secondary N) is 1. The minimum Gasteiger partial charge on any atom is -0.336 e. The van der Waals surface area contributed by atoms with Crippen LogP contribution in [0.2, 0.25) is 0 Å². The van der Waals surface area contributed by atoms with Gasteiger partial charge in [-0.1, -0.05) is 71.2 Å². The Morgan fingerprint density at radius 2 is 1.83 bits per heavy atom. The minimum absolute atomic E-state index is 0.0275. The van der Waals surface area contributed by atoms with E-state index >= 15 is 0 Å². The van der Waals surface area contributed by atoms with Gasteiger partial charge in [-0.3, -0.25) is 14.5 Å². The van der Waals surface area contributed by atoms with E-state index in [1.807, 2.05) is 45.9 Å². The number of piperidine rings is 1. The van der Waals surface area contributed by atoms with Crippen LogP contribution in [0.15, 0.2) is 53.3 Å². The van der Waals surface area contributed by atoms with Crippen molar-refractivity contribution in [2.24, 2.45) is 5.92 Å². The number of fused-ring (bicyclic) bond motifs is 4. The lowest BCUT2D eigenvalue weighted by atomic mass is 9.83. The quantitative estimate of drug-likeness (QED) is 0.721. The predicted molar refractivity (Wildman–Crippen MR) is 115 cm³/mol. The standard InChI is InChI=1S/C21H22Cl3N3O2/c22-21(23,24)20(25-18(28)10-14-5-2-1-3-6-14)26-11-15-9-16(13-26)17-7-4-8-19(29)27(17)12-15/h1-8,15-16,20H,9-13H2,(H,25,28)/t15?,16-,20?/m0/s1. The molecule has 3 atom stereocenters. The summed E-state index contributed by atoms with van der Waals surface area (Å²) in [4.78, 5) is 26.9. The van der Waals surface area contributed by atoms with Gasteiger partial charge in [-0.05, 0) is 24.0 Å². The molecule has 1 saturated heterocycles. The van der Waals surface area contributed by atoms with Gasteiger partial charge in [0.1, 0.15) is 6.17 Å². The van der Waals surface area contributed by atoms with Gasteiger partial charge in [-0.25, -0.2) is 0 Å². The summed E-state index contributed by atoms with van der Waals surface area (Å²) in [5, 5.41) is 2.92. The molecule has 2 bridgehead atoms. The number of hydrogen-bond donors (Lipinski definition) is 1. The van der Waals surface area contributed by atoms with Crippen molar-refractivity contribution >= 4 is 40.7 Å². The maximum atomic E-state index is 12.6. The van der Waals surface area contributed by atoms with Crippen molar-refractivity contribution in [2.45, 2.75) is 35.3 Å². The van der Waals surface area contributed by atoms with E-state index in [2.05, 4.69) is 5.32 Å². The molecule has 1 amide bonds. The van der Waals surface area contributed by atoms with Crippen molar-refractivity contribution in [3.63, 3.8) is 0 Å². The van der Waals surface area contributed by atoms with Gasteiger partial charge in [0.25, 0.3) is 5.56 Å². The first-order valence-electron chi connectivity index (χ1n) is 9.65. The summed E-state index contributed by atoms with van der Waals surface area (Å²) in [5.41, 5.74) is 1.94. The Labute approximate surface area is 184 Å². The van der Waals surface area contributed by atoms with Crippen LogP contribution in [0.5, 0.6) is 0 Å². The fourth-order valence-corrected chi connectivity index (χ4v) is 5.09. The number of hydrogen-bond acceptors (Lipinski definition) is 3. The Balaban J connectivity index is 1.53. The molecule has 2 aromatic rings. The van der Waals surface area contributed by atoms with Crippen LogP contribution in [0.3, 0.4) is 0 Å². The average Bonchev–Trinajstić information content (AvgIpc) is 2.67. The third-order valence-corrected chi connectivity index (χ3v) is 6.31. The van der Waals surface area contributed by atoms with E-state index in [0.717, 1.165) is 17.7 Å². The monoisotopic (exact) mass is 453 g/mol. The number of benzene rings is 1. The lowest BCUT2D eigenvalue weighted by Crippen LogP contribution is -2.60. The molecule has 4 rings (SSSR count). The van der Waals surface area contributed by atoms with Crippen LogP contribution in [0.25, 0.3) is 0 Å². The van der Waals surface area contributed by atoms with Crippen molar-refractivity contribution in [3.05, 3.63) is 70.1 Å². The Morgan fingerprint density at radius 1 is 1.07 bits per heavy atom. The zero-order valence-electron chi connectivity index (χ0n) is 15.7. The average molecular weight is 455 g/mol. The number of halogens is 3. The van der Waals surface area contributed by atoms with Crippen LogP contribution in [-0.4, -0.2) is 38.4 Å². The molecule has 1 N–H and O–H groups in total. The molecular weight excluding hydrogens is 433 g/mol. The van der Waals surface area contributed by atoms with Crippen LogP contribution in [0.1, 0.15) is 23.6 Å². The highest BCUT2D eigenvalue weighted by Crippen LogP contribution is 2.39. The first kappa shape index (κ1) is 20.7. The Bertz CT molecular complexity index is 942. The van der Waals surface area contributed by atoms with Gasteiger partial charge in [0.05, 0.1) is 6.42 Å². The summed E-state index contributed by atoms with van der Waals surface area (Å²) in [6.07, 6.45) is 0.470. The number of pyridine rings is 1. The number of rotatable bonds is 4. The summed E-state index contributed by atoms with van der Waals surface area (Å²) < 4.78 is 0.183. The van der Waals surface area contributed by atoms with Crippen LogP contribution in [-0.2, 0) is 17.8 Å². The smallest absolute Gasteiger partial charge is 0.250 e. The van der Waals surface area contributed by atoms with Gasteiger partial charge >= 0.3 is 0 Å². The zero-order chi connectivity index (χ0) is 20.6. The van der Waals surface area contributed by atoms with Crippen molar-refractivity contribution in [2.75, 3.05) is 13.1 Å². The second-order valence-electron chi connectivity index (χ2n) is 7.83. The first-order chi connectivity index (χ1) is 13.8. The van der Waals surface area contributed by atoms with Crippen molar-refractivity contribution in [1.29, 1.82) is 0 Å². The molecule has 2 aliphatic rings. The van der Waals surface area contributed by atoms with Gasteiger partial charge in [-0.2, -0.15) is 0 Å². The molecule has 1 fully saturated rings. The molecule has 0 spiro atoms. The largest absolute Gasteiger partial charge is 0.336 e. The molecule has 2 unspecified atom stereocenters. The first-order valence-corrected chi connectivity index (χ1v) is 10.8. The molecule has 1 aromatic carbocycles. The fourth-order valence-electron chi connectivity index (χ4n) is 4.51. The normalized spacial score (nSPS) is 22.6. The molecule has 2 aliphatic heterocycles. The summed E-state index contributed by atoms with van der Waals surface area (Å²) >= 11 is 18.8. The summed E-state index contributed by atoms with van der Waals surface area (Å²) in [5.74, 6) is 0.236. The van der Waals surface area contributed by atoms with Gasteiger partial charge in [0.15, 0.2) is 0 Å². The molecule has 5 nitrogen and oxygen atoms in total. The highest BCUT2D eigenvalue weighted by atomic mass is 35.6. The maximum Gasteiger partial charge on any atom is 0.250 e. The van der Waals surface area contributed by atoms with E-state index in [0.29, 0.717) is 19.6 Å². The topological polar surface area (TPSA) is 54.3 Å². The Kier molecular flexibility index (Phi) is 5.94. The number of amides is 1. The predicted octanol–water partition coefficient (Wildman–Crippen LogP) is 3.32. The molecule has 0 saturated carbocycles. The maximum absolute atomic E-state index is 12.6. The summed E-state index contributed by atoms with van der Waals surface area (Å²) in [6.45, 7) is 1.91. The molecule has 0 aliphatic carbocycles. The molecular formula is C21H22Cl3N3O2. The molecule has 154 valence electrons. The van der Waals surface area contributed by atoms with Crippen LogP contribution < -0.4 is 10.9 Å². The number of alkyl halides is 3. The van der Waals surface area contributed by atoms with E-state index in [1.165, 1.54) is 0 Å². The van der Waals surface area contributed by atoms with Crippen LogP contribution in [0.4, 0.5) is 0 Å². The zero-order valence-corrected chi connectivity index (χ0v) is 18.0. The van der Waals surface area contributed by atoms with Crippen molar-refractivity contribution in [1.82, 2.24) is 14.8 Å². The molecule has 8 heteroatoms. The Hall–Kier alpha value is -1.53. The van der Waals surface area contributed by atoms with Crippen LogP contribution >= 0.6 is 34.8 Å². The second-order valence-corrected chi connectivity index (χ2v) is 10.2. The van der Waals surface area contributed by atoms with Gasteiger partial charge in [0, 0.05) is 37.3 Å². The lowest BCUT2D eigenvalue weighted by Gasteiger charge is -2.47. The lowest BCUT2D eigenvalue weighted by molar-refractivity contribution is -0.122. The van der Waals surface area contributed by atoms with Gasteiger partial charge in [0.2, 0.25) is 9.70 Å². The third-order valence-electron chi connectivity index (χ3n) is 5.69. The molecule has 1 aromatic heterocycles. The number of carbonyl (C=O) groups is 1. The fraction of sp³-hybridized carbons (Fsp3) is 0.429. The van der Waals surface area contributed by atoms with E-state index in [9.17, 15) is 9.59 Å². The Morgan fingerprint density at radius 3 is 2.55 bits per heavy atom. The number of nitrogens with zero attached hydrogens (tertiary/aromatic N) is 2. The number of aromatic nitrogens is 1. The number of carbonyl (C=O) groups excluding carboxylic acids is 1. The van der Waals surface area contributed by atoms with Crippen molar-refractivity contribution < 1.29 is 4.79 Å². The molecule has 29 heavy (non-hydrogen) atoms. The van der Waals surface area contributed by atoms with Gasteiger partial charge in [-0.15, -0.1) is 0 Å². The van der Waals surface area contributed by atoms with E-state index in [1.54, 1.807) is 12.1 Å². The molecule has 3 heterocycles. The molecule has 0 radical (unpaired) electrons. The van der Waals surface area contributed by atoms with E-state index < -0.39 is 9.96 Å². The third kappa shape index (κ3) is 4.64. The SMILES string of the molecule is O=C(Cc1ccccc1)NC(N1CC2C[C@@H](C1)c1cccc(=O)n1C2)C(Cl)(Cl)Cl. The second kappa shape index (κ2) is 8.31. The highest BCUT2D eigenvalue weighted by molar-refractivity contribution is 6.68. The van der Waals surface area contributed by atoms with Crippen LogP contribution in [0, 0.1) is 5.92 Å².